The summed E-state index contributed by atoms with van der Waals surface area (Å²) < 4.78 is 1.84. The fourth-order valence-electron chi connectivity index (χ4n) is 2.60. The second-order valence-corrected chi connectivity index (χ2v) is 5.69. The molecule has 2 aromatic heterocycles. The molecule has 3 rings (SSSR count). The first-order chi connectivity index (χ1) is 9.24. The molecule has 1 N–H and O–H groups in total. The normalized spacial score (nSPS) is 15.3. The predicted molar refractivity (Wildman–Crippen MR) is 76.9 cm³/mol. The number of nitrogens with zero attached hydrogens (tertiary/aromatic N) is 3. The number of hydrogen-bond acceptors (Lipinski definition) is 3. The maximum atomic E-state index is 4.50. The second kappa shape index (κ2) is 5.29. The first-order valence-electron chi connectivity index (χ1n) is 7.23. The highest BCUT2D eigenvalue weighted by Crippen LogP contribution is 2.33. The van der Waals surface area contributed by atoms with Crippen LogP contribution in [0.1, 0.15) is 36.9 Å². The van der Waals surface area contributed by atoms with Crippen LogP contribution in [-0.2, 0) is 13.6 Å². The molecule has 0 atom stereocenters. The first kappa shape index (κ1) is 12.6. The van der Waals surface area contributed by atoms with Gasteiger partial charge in [0.1, 0.15) is 0 Å². The Kier molecular flexibility index (Phi) is 3.51. The van der Waals surface area contributed by atoms with E-state index < -0.39 is 0 Å². The molecule has 1 aliphatic carbocycles. The molecular formula is C15H22N4. The van der Waals surface area contributed by atoms with Gasteiger partial charge in [-0.2, -0.15) is 5.10 Å². The summed E-state index contributed by atoms with van der Waals surface area (Å²) in [5, 5.41) is 9.08. The van der Waals surface area contributed by atoms with Crippen LogP contribution in [0, 0.1) is 12.8 Å². The molecule has 0 aromatic carbocycles. The number of pyridine rings is 1. The lowest BCUT2D eigenvalue weighted by atomic mass is 10.2. The van der Waals surface area contributed by atoms with Crippen molar-refractivity contribution < 1.29 is 0 Å². The average Bonchev–Trinajstić information content (AvgIpc) is 3.17. The van der Waals surface area contributed by atoms with Crippen molar-refractivity contribution in [2.45, 2.75) is 39.2 Å². The highest BCUT2D eigenvalue weighted by molar-refractivity contribution is 5.78. The van der Waals surface area contributed by atoms with Crippen molar-refractivity contribution in [2.24, 2.45) is 13.0 Å². The highest BCUT2D eigenvalue weighted by Gasteiger charge is 2.19. The summed E-state index contributed by atoms with van der Waals surface area (Å²) >= 11 is 0. The first-order valence-corrected chi connectivity index (χ1v) is 7.23. The molecule has 0 radical (unpaired) electrons. The lowest BCUT2D eigenvalue weighted by molar-refractivity contribution is 0.593. The highest BCUT2D eigenvalue weighted by atomic mass is 15.3. The maximum Gasteiger partial charge on any atom is 0.157 e. The van der Waals surface area contributed by atoms with E-state index in [2.05, 4.69) is 21.5 Å². The predicted octanol–water partition coefficient (Wildman–Crippen LogP) is 2.56. The summed E-state index contributed by atoms with van der Waals surface area (Å²) in [7, 11) is 1.94. The molecule has 2 heterocycles. The van der Waals surface area contributed by atoms with Gasteiger partial charge < -0.3 is 5.32 Å². The zero-order valence-electron chi connectivity index (χ0n) is 11.8. The third-order valence-electron chi connectivity index (χ3n) is 3.91. The zero-order valence-corrected chi connectivity index (χ0v) is 11.8. The van der Waals surface area contributed by atoms with Gasteiger partial charge in [0, 0.05) is 25.2 Å². The number of aryl methyl sites for hydroxylation is 2. The molecule has 0 saturated heterocycles. The van der Waals surface area contributed by atoms with Gasteiger partial charge in [-0.25, -0.2) is 4.98 Å². The van der Waals surface area contributed by atoms with Crippen LogP contribution in [0.3, 0.4) is 0 Å². The lowest BCUT2D eigenvalue weighted by Gasteiger charge is -2.04. The van der Waals surface area contributed by atoms with E-state index in [1.54, 1.807) is 0 Å². The van der Waals surface area contributed by atoms with E-state index in [0.717, 1.165) is 30.3 Å². The third-order valence-corrected chi connectivity index (χ3v) is 3.91. The molecule has 4 nitrogen and oxygen atoms in total. The van der Waals surface area contributed by atoms with Gasteiger partial charge in [-0.15, -0.1) is 0 Å². The Hall–Kier alpha value is -1.42. The van der Waals surface area contributed by atoms with E-state index in [0.29, 0.717) is 0 Å². The van der Waals surface area contributed by atoms with Crippen LogP contribution in [0.4, 0.5) is 0 Å². The molecular weight excluding hydrogens is 236 g/mol. The Morgan fingerprint density at radius 2 is 2.26 bits per heavy atom. The number of nitrogens with one attached hydrogen (secondary N) is 1. The van der Waals surface area contributed by atoms with Crippen molar-refractivity contribution in [3.05, 3.63) is 23.5 Å². The van der Waals surface area contributed by atoms with Crippen molar-refractivity contribution in [1.82, 2.24) is 20.1 Å². The smallest absolute Gasteiger partial charge is 0.157 e. The topological polar surface area (TPSA) is 42.7 Å². The van der Waals surface area contributed by atoms with Crippen LogP contribution in [0.25, 0.3) is 11.0 Å². The van der Waals surface area contributed by atoms with Crippen LogP contribution in [0.15, 0.2) is 12.3 Å². The Balaban J connectivity index is 1.56. The minimum Gasteiger partial charge on any atom is -0.313 e. The molecule has 0 aliphatic heterocycles. The van der Waals surface area contributed by atoms with Gasteiger partial charge in [-0.3, -0.25) is 4.68 Å². The van der Waals surface area contributed by atoms with Gasteiger partial charge in [-0.05, 0) is 43.9 Å². The van der Waals surface area contributed by atoms with Crippen LogP contribution in [0.5, 0.6) is 0 Å². The van der Waals surface area contributed by atoms with E-state index in [9.17, 15) is 0 Å². The van der Waals surface area contributed by atoms with E-state index in [-0.39, 0.29) is 0 Å². The molecule has 1 saturated carbocycles. The third kappa shape index (κ3) is 2.95. The molecule has 1 aliphatic rings. The molecule has 0 bridgehead atoms. The van der Waals surface area contributed by atoms with Crippen LogP contribution < -0.4 is 5.32 Å². The summed E-state index contributed by atoms with van der Waals surface area (Å²) in [6.07, 6.45) is 7.57. The summed E-state index contributed by atoms with van der Waals surface area (Å²) in [5.74, 6) is 1.04. The SMILES string of the molecule is Cc1nn(C)c2ncc(CNCCCC3CC3)cc12. The van der Waals surface area contributed by atoms with Gasteiger partial charge in [0.05, 0.1) is 5.69 Å². The standard InChI is InChI=1S/C15H22N4/c1-11-14-8-13(10-17-15(14)19(2)18-11)9-16-7-3-4-12-5-6-12/h8,10,12,16H,3-7,9H2,1-2H3. The number of rotatable bonds is 6. The van der Waals surface area contributed by atoms with E-state index in [1.807, 2.05) is 24.9 Å². The molecule has 102 valence electrons. The molecule has 0 amide bonds. The lowest BCUT2D eigenvalue weighted by Crippen LogP contribution is -2.15. The summed E-state index contributed by atoms with van der Waals surface area (Å²) in [4.78, 5) is 4.50. The molecule has 0 spiro atoms. The quantitative estimate of drug-likeness (QED) is 0.810. The number of hydrogen-bond donors (Lipinski definition) is 1. The largest absolute Gasteiger partial charge is 0.313 e. The fourth-order valence-corrected chi connectivity index (χ4v) is 2.60. The van der Waals surface area contributed by atoms with Crippen molar-refractivity contribution in [3.8, 4) is 0 Å². The van der Waals surface area contributed by atoms with E-state index in [1.165, 1.54) is 36.6 Å². The van der Waals surface area contributed by atoms with Gasteiger partial charge in [0.25, 0.3) is 0 Å². The Morgan fingerprint density at radius 3 is 3.05 bits per heavy atom. The molecule has 0 unspecified atom stereocenters. The van der Waals surface area contributed by atoms with Gasteiger partial charge in [0.2, 0.25) is 0 Å². The Morgan fingerprint density at radius 1 is 1.42 bits per heavy atom. The average molecular weight is 258 g/mol. The Labute approximate surface area is 114 Å². The molecule has 4 heteroatoms. The zero-order chi connectivity index (χ0) is 13.2. The van der Waals surface area contributed by atoms with Crippen molar-refractivity contribution >= 4 is 11.0 Å². The Bertz CT molecular complexity index is 569. The van der Waals surface area contributed by atoms with Crippen LogP contribution in [-0.4, -0.2) is 21.3 Å². The van der Waals surface area contributed by atoms with Gasteiger partial charge in [0.15, 0.2) is 5.65 Å². The van der Waals surface area contributed by atoms with Crippen molar-refractivity contribution in [3.63, 3.8) is 0 Å². The minimum absolute atomic E-state index is 0.905. The van der Waals surface area contributed by atoms with Gasteiger partial charge >= 0.3 is 0 Å². The summed E-state index contributed by atoms with van der Waals surface area (Å²) in [5.41, 5.74) is 3.27. The molecule has 19 heavy (non-hydrogen) atoms. The molecule has 2 aromatic rings. The minimum atomic E-state index is 0.905. The second-order valence-electron chi connectivity index (χ2n) is 5.69. The van der Waals surface area contributed by atoms with Crippen molar-refractivity contribution in [1.29, 1.82) is 0 Å². The van der Waals surface area contributed by atoms with E-state index in [4.69, 9.17) is 0 Å². The van der Waals surface area contributed by atoms with Crippen LogP contribution >= 0.6 is 0 Å². The maximum absolute atomic E-state index is 4.50. The number of fused-ring (bicyclic) bond motifs is 1. The fraction of sp³-hybridized carbons (Fsp3) is 0.600. The summed E-state index contributed by atoms with van der Waals surface area (Å²) in [6, 6.07) is 2.21. The van der Waals surface area contributed by atoms with Crippen LogP contribution in [0.2, 0.25) is 0 Å². The van der Waals surface area contributed by atoms with E-state index >= 15 is 0 Å². The molecule has 1 fully saturated rings. The monoisotopic (exact) mass is 258 g/mol. The van der Waals surface area contributed by atoms with Gasteiger partial charge in [-0.1, -0.05) is 12.8 Å². The van der Waals surface area contributed by atoms with Crippen molar-refractivity contribution in [2.75, 3.05) is 6.54 Å². The number of aromatic nitrogens is 3. The summed E-state index contributed by atoms with van der Waals surface area (Å²) in [6.45, 7) is 4.05.